The van der Waals surface area contributed by atoms with Crippen LogP contribution in [0.25, 0.3) is 5.57 Å². The second-order valence-corrected chi connectivity index (χ2v) is 7.88. The number of benzene rings is 1. The van der Waals surface area contributed by atoms with Gasteiger partial charge in [-0.05, 0) is 62.6 Å². The molecule has 1 aliphatic heterocycles. The van der Waals surface area contributed by atoms with E-state index in [4.69, 9.17) is 15.7 Å². The summed E-state index contributed by atoms with van der Waals surface area (Å²) in [4.78, 5) is 25.2. The van der Waals surface area contributed by atoms with E-state index < -0.39 is 11.7 Å². The van der Waals surface area contributed by atoms with E-state index >= 15 is 0 Å². The Hall–Kier alpha value is -3.57. The highest BCUT2D eigenvalue weighted by Crippen LogP contribution is 2.20. The Balaban J connectivity index is 1.99. The largest absolute Gasteiger partial charge is 0.404 e. The minimum absolute atomic E-state index is 0.217. The van der Waals surface area contributed by atoms with Crippen molar-refractivity contribution in [2.45, 2.75) is 38.9 Å². The highest BCUT2D eigenvalue weighted by molar-refractivity contribution is 6.20. The SMILES string of the molecule is COCCC(C)(C)NC(=O)C1=CNC(NC(=O)C(=CN)c2ccc(C#N)cc2C)C=C1. The van der Waals surface area contributed by atoms with Gasteiger partial charge < -0.3 is 26.4 Å². The molecule has 2 rings (SSSR count). The lowest BCUT2D eigenvalue weighted by molar-refractivity contribution is -0.119. The molecule has 1 heterocycles. The van der Waals surface area contributed by atoms with E-state index in [2.05, 4.69) is 22.0 Å². The van der Waals surface area contributed by atoms with Gasteiger partial charge in [-0.25, -0.2) is 0 Å². The summed E-state index contributed by atoms with van der Waals surface area (Å²) in [7, 11) is 1.62. The first-order valence-corrected chi connectivity index (χ1v) is 9.90. The summed E-state index contributed by atoms with van der Waals surface area (Å²) in [6, 6.07) is 7.11. The number of hydrogen-bond donors (Lipinski definition) is 4. The van der Waals surface area contributed by atoms with Gasteiger partial charge in [0.15, 0.2) is 0 Å². The van der Waals surface area contributed by atoms with E-state index in [-0.39, 0.29) is 11.8 Å². The van der Waals surface area contributed by atoms with Gasteiger partial charge in [0, 0.05) is 31.7 Å². The third-order valence-electron chi connectivity index (χ3n) is 4.88. The molecule has 2 amide bonds. The minimum Gasteiger partial charge on any atom is -0.404 e. The molecule has 5 N–H and O–H groups in total. The molecular formula is C23H29N5O3. The molecule has 8 nitrogen and oxygen atoms in total. The van der Waals surface area contributed by atoms with E-state index in [1.54, 1.807) is 43.7 Å². The van der Waals surface area contributed by atoms with Gasteiger partial charge in [-0.3, -0.25) is 9.59 Å². The van der Waals surface area contributed by atoms with E-state index in [0.29, 0.717) is 35.3 Å². The fourth-order valence-electron chi connectivity index (χ4n) is 3.06. The molecule has 1 aliphatic rings. The number of nitriles is 1. The van der Waals surface area contributed by atoms with Crippen LogP contribution in [0.15, 0.2) is 48.3 Å². The molecule has 164 valence electrons. The maximum atomic E-state index is 12.7. The Morgan fingerprint density at radius 3 is 2.68 bits per heavy atom. The summed E-state index contributed by atoms with van der Waals surface area (Å²) in [5.74, 6) is -0.593. The number of ether oxygens (including phenoxy) is 1. The molecule has 0 fully saturated rings. The van der Waals surface area contributed by atoms with Crippen LogP contribution in [0.5, 0.6) is 0 Å². The summed E-state index contributed by atoms with van der Waals surface area (Å²) < 4.78 is 5.07. The van der Waals surface area contributed by atoms with Crippen molar-refractivity contribution < 1.29 is 14.3 Å². The van der Waals surface area contributed by atoms with Crippen LogP contribution in [0.3, 0.4) is 0 Å². The smallest absolute Gasteiger partial charge is 0.255 e. The highest BCUT2D eigenvalue weighted by atomic mass is 16.5. The Morgan fingerprint density at radius 2 is 2.13 bits per heavy atom. The standard InChI is InChI=1S/C23H29N5O3/c1-15-11-16(12-24)5-7-18(15)19(13-25)22(30)27-20-8-6-17(14-26-20)21(29)28-23(2,3)9-10-31-4/h5-8,11,13-14,20,26H,9-10,25H2,1-4H3,(H,27,30)(H,28,29). The number of nitrogens with zero attached hydrogens (tertiary/aromatic N) is 1. The predicted octanol–water partition coefficient (Wildman–Crippen LogP) is 1.58. The molecule has 8 heteroatoms. The minimum atomic E-state index is -0.501. The summed E-state index contributed by atoms with van der Waals surface area (Å²) in [5, 5.41) is 17.8. The van der Waals surface area contributed by atoms with Crippen molar-refractivity contribution in [2.24, 2.45) is 5.73 Å². The van der Waals surface area contributed by atoms with Crippen LogP contribution in [0.1, 0.15) is 37.0 Å². The summed E-state index contributed by atoms with van der Waals surface area (Å²) in [6.45, 7) is 6.22. The number of dihydropyridines is 1. The van der Waals surface area contributed by atoms with Gasteiger partial charge in [0.1, 0.15) is 6.17 Å². The topological polar surface area (TPSA) is 129 Å². The summed E-state index contributed by atoms with van der Waals surface area (Å²) in [6.07, 6.45) is 6.33. The number of rotatable bonds is 8. The second-order valence-electron chi connectivity index (χ2n) is 7.88. The number of carbonyl (C=O) groups excluding carboxylic acids is 2. The number of carbonyl (C=O) groups is 2. The maximum absolute atomic E-state index is 12.7. The third kappa shape index (κ3) is 6.46. The lowest BCUT2D eigenvalue weighted by atomic mass is 9.98. The molecular weight excluding hydrogens is 394 g/mol. The molecule has 0 aliphatic carbocycles. The first-order chi connectivity index (χ1) is 14.7. The van der Waals surface area contributed by atoms with Crippen LogP contribution >= 0.6 is 0 Å². The Morgan fingerprint density at radius 1 is 1.39 bits per heavy atom. The normalized spacial score (nSPS) is 16.0. The molecule has 31 heavy (non-hydrogen) atoms. The predicted molar refractivity (Wildman–Crippen MR) is 119 cm³/mol. The van der Waals surface area contributed by atoms with Crippen molar-refractivity contribution in [3.63, 3.8) is 0 Å². The van der Waals surface area contributed by atoms with Crippen molar-refractivity contribution in [3.05, 3.63) is 65.0 Å². The Bertz CT molecular complexity index is 970. The zero-order chi connectivity index (χ0) is 23.0. The van der Waals surface area contributed by atoms with Gasteiger partial charge in [-0.2, -0.15) is 5.26 Å². The van der Waals surface area contributed by atoms with Gasteiger partial charge in [-0.1, -0.05) is 6.07 Å². The fraction of sp³-hybridized carbons (Fsp3) is 0.348. The van der Waals surface area contributed by atoms with E-state index in [1.807, 2.05) is 20.8 Å². The van der Waals surface area contributed by atoms with E-state index in [9.17, 15) is 9.59 Å². The summed E-state index contributed by atoms with van der Waals surface area (Å²) >= 11 is 0. The van der Waals surface area contributed by atoms with Gasteiger partial charge in [0.25, 0.3) is 11.8 Å². The molecule has 1 aromatic rings. The van der Waals surface area contributed by atoms with Gasteiger partial charge in [0.05, 0.1) is 22.8 Å². The van der Waals surface area contributed by atoms with Crippen LogP contribution < -0.4 is 21.7 Å². The molecule has 0 bridgehead atoms. The van der Waals surface area contributed by atoms with E-state index in [1.165, 1.54) is 6.20 Å². The molecule has 0 aromatic heterocycles. The van der Waals surface area contributed by atoms with Crippen molar-refractivity contribution in [1.82, 2.24) is 16.0 Å². The van der Waals surface area contributed by atoms with Crippen molar-refractivity contribution in [1.29, 1.82) is 5.26 Å². The molecule has 0 radical (unpaired) electrons. The number of nitrogens with one attached hydrogen (secondary N) is 3. The average molecular weight is 424 g/mol. The Kier molecular flexibility index (Phi) is 8.00. The quantitative estimate of drug-likeness (QED) is 0.470. The molecule has 1 unspecified atom stereocenters. The number of methoxy groups -OCH3 is 1. The van der Waals surface area contributed by atoms with E-state index in [0.717, 1.165) is 5.56 Å². The van der Waals surface area contributed by atoms with Crippen molar-refractivity contribution in [3.8, 4) is 6.07 Å². The molecule has 0 saturated carbocycles. The van der Waals surface area contributed by atoms with Crippen LogP contribution in [-0.2, 0) is 14.3 Å². The van der Waals surface area contributed by atoms with Gasteiger partial charge in [-0.15, -0.1) is 0 Å². The van der Waals surface area contributed by atoms with Crippen molar-refractivity contribution >= 4 is 17.4 Å². The van der Waals surface area contributed by atoms with Crippen LogP contribution in [-0.4, -0.2) is 37.2 Å². The van der Waals surface area contributed by atoms with Crippen molar-refractivity contribution in [2.75, 3.05) is 13.7 Å². The van der Waals surface area contributed by atoms with Gasteiger partial charge >= 0.3 is 0 Å². The lowest BCUT2D eigenvalue weighted by Gasteiger charge is -2.27. The highest BCUT2D eigenvalue weighted by Gasteiger charge is 2.23. The third-order valence-corrected chi connectivity index (χ3v) is 4.88. The van der Waals surface area contributed by atoms with Crippen LogP contribution in [0.2, 0.25) is 0 Å². The molecule has 0 saturated heterocycles. The number of nitrogens with two attached hydrogens (primary N) is 1. The Labute approximate surface area is 182 Å². The van der Waals surface area contributed by atoms with Gasteiger partial charge in [0.2, 0.25) is 0 Å². The first kappa shape index (κ1) is 23.7. The zero-order valence-corrected chi connectivity index (χ0v) is 18.3. The molecule has 1 atom stereocenters. The zero-order valence-electron chi connectivity index (χ0n) is 18.3. The molecule has 0 spiro atoms. The number of aryl methyl sites for hydroxylation is 1. The lowest BCUT2D eigenvalue weighted by Crippen LogP contribution is -2.47. The second kappa shape index (κ2) is 10.5. The summed E-state index contributed by atoms with van der Waals surface area (Å²) in [5.41, 5.74) is 7.97. The maximum Gasteiger partial charge on any atom is 0.255 e. The van der Waals surface area contributed by atoms with Crippen LogP contribution in [0, 0.1) is 18.3 Å². The first-order valence-electron chi connectivity index (χ1n) is 9.90. The molecule has 1 aromatic carbocycles. The fourth-order valence-corrected chi connectivity index (χ4v) is 3.06. The number of hydrogen-bond acceptors (Lipinski definition) is 6. The number of amides is 2. The average Bonchev–Trinajstić information content (AvgIpc) is 2.74. The van der Waals surface area contributed by atoms with Crippen LogP contribution in [0.4, 0.5) is 0 Å². The monoisotopic (exact) mass is 423 g/mol.